The molecule has 0 bridgehead atoms. The topological polar surface area (TPSA) is 104 Å². The number of aliphatic hydroxyl groups is 2. The third-order valence-corrected chi connectivity index (χ3v) is 5.78. The van der Waals surface area contributed by atoms with Gasteiger partial charge in [0, 0.05) is 26.2 Å². The van der Waals surface area contributed by atoms with E-state index in [4.69, 9.17) is 0 Å². The number of hydrogen-bond acceptors (Lipinski definition) is 7. The van der Waals surface area contributed by atoms with Gasteiger partial charge in [-0.15, -0.1) is 13.2 Å². The minimum atomic E-state index is -4.82. The number of imidazole rings is 1. The monoisotopic (exact) mass is 505 g/mol. The lowest BCUT2D eigenvalue weighted by atomic mass is 10.1. The van der Waals surface area contributed by atoms with Gasteiger partial charge < -0.3 is 24.4 Å². The number of anilines is 1. The summed E-state index contributed by atoms with van der Waals surface area (Å²) in [6.07, 6.45) is -4.81. The number of benzene rings is 1. The molecule has 1 aliphatic heterocycles. The number of rotatable bonds is 8. The summed E-state index contributed by atoms with van der Waals surface area (Å²) in [4.78, 5) is 25.1. The van der Waals surface area contributed by atoms with Crippen LogP contribution in [0.25, 0.3) is 0 Å². The summed E-state index contributed by atoms with van der Waals surface area (Å²) in [7, 11) is 1.59. The first-order chi connectivity index (χ1) is 17.0. The van der Waals surface area contributed by atoms with E-state index in [2.05, 4.69) is 14.7 Å². The zero-order valence-corrected chi connectivity index (χ0v) is 19.7. The lowest BCUT2D eigenvalue weighted by Crippen LogP contribution is -2.55. The first kappa shape index (κ1) is 25.5. The van der Waals surface area contributed by atoms with Crippen molar-refractivity contribution >= 4 is 11.7 Å². The standard InChI is InChI=1S/C24H26F3N5O4/c1-15(33)9-11-31-22(34)20-21(30(2)23(31)35)29-19(32(20)14-17-7-3-4-10-28-17)13-16-6-5-8-18(12-16)36-24(25,26)27/h3-8,10,12,15,23,33,35H,9,11,13-14H2,1-2H3. The Morgan fingerprint density at radius 2 is 1.97 bits per heavy atom. The molecule has 0 saturated carbocycles. The van der Waals surface area contributed by atoms with E-state index in [1.807, 2.05) is 0 Å². The van der Waals surface area contributed by atoms with Gasteiger partial charge in [0.05, 0.1) is 18.3 Å². The van der Waals surface area contributed by atoms with Crippen molar-refractivity contribution < 1.29 is 32.9 Å². The molecule has 2 N–H and O–H groups in total. The van der Waals surface area contributed by atoms with E-state index in [0.717, 1.165) is 0 Å². The minimum Gasteiger partial charge on any atom is -0.406 e. The van der Waals surface area contributed by atoms with E-state index in [9.17, 15) is 28.2 Å². The van der Waals surface area contributed by atoms with E-state index in [0.29, 0.717) is 17.1 Å². The molecule has 1 aliphatic rings. The van der Waals surface area contributed by atoms with Crippen LogP contribution in [0.15, 0.2) is 48.7 Å². The van der Waals surface area contributed by atoms with Crippen molar-refractivity contribution in [2.45, 2.75) is 45.1 Å². The summed E-state index contributed by atoms with van der Waals surface area (Å²) >= 11 is 0. The first-order valence-corrected chi connectivity index (χ1v) is 11.3. The predicted molar refractivity (Wildman–Crippen MR) is 123 cm³/mol. The molecule has 0 radical (unpaired) electrons. The number of nitrogens with zero attached hydrogens (tertiary/aromatic N) is 5. The molecule has 192 valence electrons. The van der Waals surface area contributed by atoms with Crippen molar-refractivity contribution in [1.82, 2.24) is 19.4 Å². The number of fused-ring (bicyclic) bond motifs is 1. The van der Waals surface area contributed by atoms with E-state index in [1.54, 1.807) is 49.0 Å². The number of carbonyl (C=O) groups is 1. The summed E-state index contributed by atoms with van der Waals surface area (Å²) in [5, 5.41) is 20.4. The Hall–Kier alpha value is -3.64. The minimum absolute atomic E-state index is 0.0970. The maximum atomic E-state index is 13.5. The SMILES string of the molecule is CC(O)CCN1C(=O)c2c(nc(Cc3cccc(OC(F)(F)F)c3)n2Cc2ccccn2)N(C)C1O. The van der Waals surface area contributed by atoms with Gasteiger partial charge in [0.15, 0.2) is 11.5 Å². The van der Waals surface area contributed by atoms with Crippen LogP contribution in [0, 0.1) is 0 Å². The number of carbonyl (C=O) groups excluding carboxylic acids is 1. The molecule has 2 unspecified atom stereocenters. The Morgan fingerprint density at radius 3 is 2.64 bits per heavy atom. The molecule has 2 aromatic heterocycles. The zero-order chi connectivity index (χ0) is 26.0. The van der Waals surface area contributed by atoms with Crippen LogP contribution in [0.3, 0.4) is 0 Å². The summed E-state index contributed by atoms with van der Waals surface area (Å²) in [6.45, 7) is 1.88. The molecule has 1 aromatic carbocycles. The third kappa shape index (κ3) is 5.60. The Bertz CT molecular complexity index is 1220. The van der Waals surface area contributed by atoms with E-state index >= 15 is 0 Å². The van der Waals surface area contributed by atoms with Gasteiger partial charge in [0.2, 0.25) is 6.35 Å². The van der Waals surface area contributed by atoms with Crippen molar-refractivity contribution in [3.05, 3.63) is 71.4 Å². The second kappa shape index (κ2) is 10.2. The largest absolute Gasteiger partial charge is 0.573 e. The van der Waals surface area contributed by atoms with Crippen LogP contribution in [-0.4, -0.2) is 68.0 Å². The van der Waals surface area contributed by atoms with Crippen LogP contribution in [0.2, 0.25) is 0 Å². The highest BCUT2D eigenvalue weighted by Gasteiger charge is 2.40. The second-order valence-electron chi connectivity index (χ2n) is 8.57. The molecule has 0 fully saturated rings. The maximum Gasteiger partial charge on any atom is 0.573 e. The van der Waals surface area contributed by atoms with Crippen molar-refractivity contribution in [3.8, 4) is 5.75 Å². The highest BCUT2D eigenvalue weighted by atomic mass is 19.4. The number of ether oxygens (including phenoxy) is 1. The van der Waals surface area contributed by atoms with Crippen molar-refractivity contribution in [2.24, 2.45) is 0 Å². The van der Waals surface area contributed by atoms with Gasteiger partial charge in [-0.05, 0) is 43.2 Å². The molecule has 4 rings (SSSR count). The smallest absolute Gasteiger partial charge is 0.406 e. The van der Waals surface area contributed by atoms with Gasteiger partial charge in [-0.1, -0.05) is 18.2 Å². The third-order valence-electron chi connectivity index (χ3n) is 5.78. The normalized spacial score (nSPS) is 16.8. The van der Waals surface area contributed by atoms with Crippen LogP contribution >= 0.6 is 0 Å². The molecular formula is C24H26F3N5O4. The molecule has 12 heteroatoms. The summed E-state index contributed by atoms with van der Waals surface area (Å²) in [5.41, 5.74) is 1.35. The van der Waals surface area contributed by atoms with Crippen LogP contribution in [0.1, 0.15) is 40.9 Å². The molecule has 3 heterocycles. The zero-order valence-electron chi connectivity index (χ0n) is 19.7. The Morgan fingerprint density at radius 1 is 1.19 bits per heavy atom. The number of aliphatic hydroxyl groups excluding tert-OH is 2. The van der Waals surface area contributed by atoms with Gasteiger partial charge in [0.1, 0.15) is 11.6 Å². The van der Waals surface area contributed by atoms with Gasteiger partial charge >= 0.3 is 6.36 Å². The number of alkyl halides is 3. The second-order valence-corrected chi connectivity index (χ2v) is 8.57. The molecule has 1 amide bonds. The molecular weight excluding hydrogens is 479 g/mol. The molecule has 3 aromatic rings. The Labute approximate surface area is 205 Å². The maximum absolute atomic E-state index is 13.5. The molecule has 0 aliphatic carbocycles. The average molecular weight is 505 g/mol. The van der Waals surface area contributed by atoms with Crippen LogP contribution in [-0.2, 0) is 13.0 Å². The molecule has 2 atom stereocenters. The van der Waals surface area contributed by atoms with E-state index in [1.165, 1.54) is 28.0 Å². The number of aromatic nitrogens is 3. The lowest BCUT2D eigenvalue weighted by Gasteiger charge is -2.38. The lowest BCUT2D eigenvalue weighted by molar-refractivity contribution is -0.274. The Balaban J connectivity index is 1.75. The number of hydrogen-bond donors (Lipinski definition) is 2. The molecule has 36 heavy (non-hydrogen) atoms. The summed E-state index contributed by atoms with van der Waals surface area (Å²) < 4.78 is 43.8. The Kier molecular flexibility index (Phi) is 7.18. The quantitative estimate of drug-likeness (QED) is 0.485. The molecule has 0 spiro atoms. The summed E-state index contributed by atoms with van der Waals surface area (Å²) in [5.74, 6) is -0.186. The van der Waals surface area contributed by atoms with Crippen LogP contribution in [0.5, 0.6) is 5.75 Å². The van der Waals surface area contributed by atoms with Crippen molar-refractivity contribution in [2.75, 3.05) is 18.5 Å². The van der Waals surface area contributed by atoms with E-state index in [-0.39, 0.29) is 43.2 Å². The fourth-order valence-corrected chi connectivity index (χ4v) is 4.04. The highest BCUT2D eigenvalue weighted by molar-refractivity contribution is 5.99. The predicted octanol–water partition coefficient (Wildman–Crippen LogP) is 2.75. The molecule has 0 saturated heterocycles. The van der Waals surface area contributed by atoms with Gasteiger partial charge in [0.25, 0.3) is 5.91 Å². The number of amides is 1. The summed E-state index contributed by atoms with van der Waals surface area (Å²) in [6, 6.07) is 10.9. The number of halogens is 3. The van der Waals surface area contributed by atoms with Crippen LogP contribution < -0.4 is 9.64 Å². The molecule has 9 nitrogen and oxygen atoms in total. The van der Waals surface area contributed by atoms with Crippen molar-refractivity contribution in [1.29, 1.82) is 0 Å². The van der Waals surface area contributed by atoms with Gasteiger partial charge in [-0.3, -0.25) is 14.7 Å². The fourth-order valence-electron chi connectivity index (χ4n) is 4.04. The number of pyridine rings is 1. The fraction of sp³-hybridized carbons (Fsp3) is 0.375. The van der Waals surface area contributed by atoms with Gasteiger partial charge in [-0.2, -0.15) is 0 Å². The van der Waals surface area contributed by atoms with Gasteiger partial charge in [-0.25, -0.2) is 4.98 Å². The van der Waals surface area contributed by atoms with E-state index < -0.39 is 24.7 Å². The van der Waals surface area contributed by atoms with Crippen molar-refractivity contribution in [3.63, 3.8) is 0 Å². The first-order valence-electron chi connectivity index (χ1n) is 11.3. The average Bonchev–Trinajstić information content (AvgIpc) is 3.15. The highest BCUT2D eigenvalue weighted by Crippen LogP contribution is 2.32. The van der Waals surface area contributed by atoms with Crippen LogP contribution in [0.4, 0.5) is 19.0 Å².